The molecule has 2 atom stereocenters. The molecule has 5 nitrogen and oxygen atoms in total. The Morgan fingerprint density at radius 2 is 2.00 bits per heavy atom. The van der Waals surface area contributed by atoms with E-state index in [4.69, 9.17) is 10.7 Å². The monoisotopic (exact) mass is 356 g/mol. The molecule has 0 aliphatic carbocycles. The van der Waals surface area contributed by atoms with Gasteiger partial charge in [0, 0.05) is 24.7 Å². The van der Waals surface area contributed by atoms with Gasteiger partial charge >= 0.3 is 0 Å². The van der Waals surface area contributed by atoms with Crippen molar-refractivity contribution in [3.8, 4) is 0 Å². The number of nitrogens with two attached hydrogens (primary N) is 1. The Hall–Kier alpha value is -2.14. The van der Waals surface area contributed by atoms with Crippen molar-refractivity contribution < 1.29 is 4.79 Å². The van der Waals surface area contributed by atoms with Gasteiger partial charge in [-0.15, -0.1) is 0 Å². The van der Waals surface area contributed by atoms with Crippen LogP contribution < -0.4 is 11.1 Å². The fraction of sp³-hybridized carbons (Fsp3) is 0.524. The molecule has 3 N–H and O–H groups in total. The van der Waals surface area contributed by atoms with Crippen LogP contribution in [0.4, 0.5) is 0 Å². The zero-order chi connectivity index (χ0) is 19.3. The van der Waals surface area contributed by atoms with Gasteiger partial charge in [0.25, 0.3) is 0 Å². The van der Waals surface area contributed by atoms with Crippen molar-refractivity contribution in [1.82, 2.24) is 10.2 Å². The summed E-state index contributed by atoms with van der Waals surface area (Å²) >= 11 is 0. The molecule has 0 spiro atoms. The molecule has 1 aliphatic heterocycles. The molecule has 1 amide bonds. The van der Waals surface area contributed by atoms with Gasteiger partial charge in [-0.1, -0.05) is 57.7 Å². The van der Waals surface area contributed by atoms with E-state index in [2.05, 4.69) is 32.7 Å². The van der Waals surface area contributed by atoms with Crippen LogP contribution in [-0.2, 0) is 4.79 Å². The Labute approximate surface area is 157 Å². The fourth-order valence-corrected chi connectivity index (χ4v) is 3.02. The number of carbonyl (C=O) groups is 1. The maximum Gasteiger partial charge on any atom is 0.227 e. The number of amides is 1. The second kappa shape index (κ2) is 8.49. The smallest absolute Gasteiger partial charge is 0.227 e. The van der Waals surface area contributed by atoms with E-state index in [1.54, 1.807) is 0 Å². The van der Waals surface area contributed by atoms with E-state index in [1.807, 2.05) is 42.2 Å². The average Bonchev–Trinajstić information content (AvgIpc) is 2.83. The molecule has 1 aliphatic rings. The number of carbonyl (C=O) groups excluding carboxylic acids is 1. The highest BCUT2D eigenvalue weighted by Crippen LogP contribution is 2.33. The molecule has 2 rings (SSSR count). The molecule has 1 heterocycles. The maximum absolute atomic E-state index is 12.4. The lowest BCUT2D eigenvalue weighted by Gasteiger charge is -2.24. The Morgan fingerprint density at radius 3 is 2.58 bits per heavy atom. The van der Waals surface area contributed by atoms with Crippen LogP contribution in [0, 0.1) is 5.41 Å². The molecule has 0 saturated heterocycles. The average molecular weight is 357 g/mol. The normalized spacial score (nSPS) is 18.7. The lowest BCUT2D eigenvalue weighted by atomic mass is 9.92. The van der Waals surface area contributed by atoms with E-state index in [0.29, 0.717) is 12.4 Å². The molecule has 1 aromatic rings. The summed E-state index contributed by atoms with van der Waals surface area (Å²) in [6.07, 6.45) is 2.29. The molecule has 0 saturated carbocycles. The van der Waals surface area contributed by atoms with Crippen molar-refractivity contribution in [2.45, 2.75) is 59.0 Å². The summed E-state index contributed by atoms with van der Waals surface area (Å²) in [5, 5.41) is 3.00. The van der Waals surface area contributed by atoms with E-state index in [1.165, 1.54) is 0 Å². The third kappa shape index (κ3) is 5.70. The van der Waals surface area contributed by atoms with Crippen LogP contribution in [-0.4, -0.2) is 29.4 Å². The highest BCUT2D eigenvalue weighted by Gasteiger charge is 2.31. The molecular weight excluding hydrogens is 324 g/mol. The SMILES string of the molecule is C=C1C(c2ccccc2)N=C(NC(=O)CC(C)(C)C)N1CCCC(C)N. The topological polar surface area (TPSA) is 70.7 Å². The lowest BCUT2D eigenvalue weighted by Crippen LogP contribution is -2.42. The molecule has 26 heavy (non-hydrogen) atoms. The number of guanidine groups is 1. The van der Waals surface area contributed by atoms with Crippen molar-refractivity contribution in [3.63, 3.8) is 0 Å². The van der Waals surface area contributed by atoms with Gasteiger partial charge in [-0.25, -0.2) is 4.99 Å². The zero-order valence-corrected chi connectivity index (χ0v) is 16.5. The number of nitrogens with one attached hydrogen (secondary N) is 1. The van der Waals surface area contributed by atoms with E-state index in [-0.39, 0.29) is 23.4 Å². The minimum atomic E-state index is -0.156. The molecule has 142 valence electrons. The first kappa shape index (κ1) is 20.2. The van der Waals surface area contributed by atoms with E-state index in [0.717, 1.165) is 30.6 Å². The lowest BCUT2D eigenvalue weighted by molar-refractivity contribution is -0.121. The number of hydrogen-bond acceptors (Lipinski definition) is 4. The zero-order valence-electron chi connectivity index (χ0n) is 16.5. The van der Waals surface area contributed by atoms with Gasteiger partial charge in [-0.3, -0.25) is 10.1 Å². The fourth-order valence-electron chi connectivity index (χ4n) is 3.02. The highest BCUT2D eigenvalue weighted by molar-refractivity contribution is 5.99. The van der Waals surface area contributed by atoms with E-state index >= 15 is 0 Å². The van der Waals surface area contributed by atoms with E-state index in [9.17, 15) is 4.79 Å². The summed E-state index contributed by atoms with van der Waals surface area (Å²) in [5.41, 5.74) is 7.78. The highest BCUT2D eigenvalue weighted by atomic mass is 16.1. The van der Waals surface area contributed by atoms with Crippen LogP contribution in [0.1, 0.15) is 58.6 Å². The Kier molecular flexibility index (Phi) is 6.59. The predicted molar refractivity (Wildman–Crippen MR) is 108 cm³/mol. The van der Waals surface area contributed by atoms with Crippen LogP contribution in [0.15, 0.2) is 47.6 Å². The first-order valence-electron chi connectivity index (χ1n) is 9.32. The maximum atomic E-state index is 12.4. The summed E-state index contributed by atoms with van der Waals surface area (Å²) in [7, 11) is 0. The Morgan fingerprint density at radius 1 is 1.35 bits per heavy atom. The Balaban J connectivity index is 2.16. The third-order valence-corrected chi connectivity index (χ3v) is 4.27. The standard InChI is InChI=1S/C21H32N4O/c1-15(22)10-9-13-25-16(2)19(17-11-7-6-8-12-17)24-20(25)23-18(26)14-21(3,4)5/h6-8,11-12,15,19H,2,9-10,13-14,22H2,1,3-5H3,(H,23,24,26). The number of rotatable bonds is 6. The summed E-state index contributed by atoms with van der Waals surface area (Å²) < 4.78 is 0. The molecule has 1 aromatic carbocycles. The molecule has 0 radical (unpaired) electrons. The van der Waals surface area contributed by atoms with Crippen molar-refractivity contribution in [1.29, 1.82) is 0 Å². The molecule has 0 aromatic heterocycles. The van der Waals surface area contributed by atoms with Crippen molar-refractivity contribution in [2.24, 2.45) is 16.1 Å². The Bertz CT molecular complexity index is 658. The van der Waals surface area contributed by atoms with Crippen LogP contribution in [0.3, 0.4) is 0 Å². The van der Waals surface area contributed by atoms with Gasteiger partial charge in [-0.05, 0) is 30.7 Å². The number of benzene rings is 1. The van der Waals surface area contributed by atoms with Crippen LogP contribution in [0.5, 0.6) is 0 Å². The van der Waals surface area contributed by atoms with Crippen molar-refractivity contribution >= 4 is 11.9 Å². The van der Waals surface area contributed by atoms with Crippen LogP contribution in [0.25, 0.3) is 0 Å². The van der Waals surface area contributed by atoms with Gasteiger partial charge in [-0.2, -0.15) is 0 Å². The van der Waals surface area contributed by atoms with Gasteiger partial charge in [0.1, 0.15) is 6.04 Å². The van der Waals surface area contributed by atoms with E-state index < -0.39 is 0 Å². The van der Waals surface area contributed by atoms with Gasteiger partial charge in [0.2, 0.25) is 11.9 Å². The van der Waals surface area contributed by atoms with Crippen LogP contribution in [0.2, 0.25) is 0 Å². The molecule has 0 fully saturated rings. The van der Waals surface area contributed by atoms with Gasteiger partial charge in [0.15, 0.2) is 0 Å². The number of nitrogens with zero attached hydrogens (tertiary/aromatic N) is 2. The van der Waals surface area contributed by atoms with Gasteiger partial charge < -0.3 is 10.6 Å². The largest absolute Gasteiger partial charge is 0.328 e. The summed E-state index contributed by atoms with van der Waals surface area (Å²) in [4.78, 5) is 19.2. The van der Waals surface area contributed by atoms with Crippen molar-refractivity contribution in [3.05, 3.63) is 48.2 Å². The summed E-state index contributed by atoms with van der Waals surface area (Å²) in [6, 6.07) is 10.1. The predicted octanol–water partition coefficient (Wildman–Crippen LogP) is 3.59. The van der Waals surface area contributed by atoms with Gasteiger partial charge in [0.05, 0.1) is 0 Å². The minimum absolute atomic E-state index is 0.0186. The quantitative estimate of drug-likeness (QED) is 0.818. The van der Waals surface area contributed by atoms with Crippen LogP contribution >= 0.6 is 0 Å². The second-order valence-corrected chi connectivity index (χ2v) is 8.31. The molecule has 2 unspecified atom stereocenters. The third-order valence-electron chi connectivity index (χ3n) is 4.27. The summed E-state index contributed by atoms with van der Waals surface area (Å²) in [5.74, 6) is 0.581. The first-order valence-corrected chi connectivity index (χ1v) is 9.32. The number of hydrogen-bond donors (Lipinski definition) is 2. The summed E-state index contributed by atoms with van der Waals surface area (Å²) in [6.45, 7) is 13.2. The molecule has 5 heteroatoms. The number of aliphatic imine (C=N–C) groups is 1. The second-order valence-electron chi connectivity index (χ2n) is 8.31. The molecule has 0 bridgehead atoms. The molecular formula is C21H32N4O. The van der Waals surface area contributed by atoms with Crippen molar-refractivity contribution in [2.75, 3.05) is 6.54 Å². The first-order chi connectivity index (χ1) is 12.2. The minimum Gasteiger partial charge on any atom is -0.328 e.